The van der Waals surface area contributed by atoms with Gasteiger partial charge in [0.1, 0.15) is 5.92 Å². The van der Waals surface area contributed by atoms with Crippen molar-refractivity contribution in [3.63, 3.8) is 0 Å². The number of benzene rings is 2. The molecule has 0 radical (unpaired) electrons. The van der Waals surface area contributed by atoms with Crippen LogP contribution in [0.1, 0.15) is 50.3 Å². The number of para-hydroxylation sites is 2. The van der Waals surface area contributed by atoms with Gasteiger partial charge in [0.05, 0.1) is 47.6 Å². The Kier molecular flexibility index (Phi) is 7.05. The molecule has 1 N–H and O–H groups in total. The molecule has 0 unspecified atom stereocenters. The molecule has 2 heterocycles. The van der Waals surface area contributed by atoms with Crippen molar-refractivity contribution >= 4 is 28.8 Å². The Balaban J connectivity index is 1.70. The van der Waals surface area contributed by atoms with Crippen LogP contribution in [0.3, 0.4) is 0 Å². The number of rotatable bonds is 6. The Labute approximate surface area is 220 Å². The lowest BCUT2D eigenvalue weighted by Crippen LogP contribution is -2.43. The van der Waals surface area contributed by atoms with E-state index in [0.717, 1.165) is 5.56 Å². The predicted molar refractivity (Wildman–Crippen MR) is 141 cm³/mol. The zero-order chi connectivity index (χ0) is 26.8. The molecule has 8 nitrogen and oxygen atoms in total. The van der Waals surface area contributed by atoms with Crippen LogP contribution < -0.4 is 5.32 Å². The molecule has 1 aliphatic carbocycles. The number of hydrogen-bond acceptors (Lipinski definition) is 8. The number of ether oxygens (including phenoxy) is 2. The van der Waals surface area contributed by atoms with Crippen molar-refractivity contribution in [3.8, 4) is 0 Å². The molecule has 38 heavy (non-hydrogen) atoms. The third-order valence-electron chi connectivity index (χ3n) is 7.05. The van der Waals surface area contributed by atoms with Gasteiger partial charge in [-0.15, -0.1) is 0 Å². The maximum Gasteiger partial charge on any atom is 0.336 e. The Morgan fingerprint density at radius 3 is 2.37 bits per heavy atom. The fourth-order valence-electron chi connectivity index (χ4n) is 5.44. The third-order valence-corrected chi connectivity index (χ3v) is 7.05. The molecule has 0 saturated heterocycles. The van der Waals surface area contributed by atoms with Gasteiger partial charge in [-0.1, -0.05) is 42.5 Å². The second-order valence-electron chi connectivity index (χ2n) is 9.31. The zero-order valence-corrected chi connectivity index (χ0v) is 21.6. The number of carbonyl (C=O) groups excluding carboxylic acids is 3. The fraction of sp³-hybridized carbons (Fsp3) is 0.300. The molecule has 2 aromatic carbocycles. The highest BCUT2D eigenvalue weighted by Gasteiger charge is 2.49. The average Bonchev–Trinajstić information content (AvgIpc) is 2.92. The molecule has 0 spiro atoms. The third kappa shape index (κ3) is 4.47. The van der Waals surface area contributed by atoms with Crippen LogP contribution in [0.15, 0.2) is 83.3 Å². The second kappa shape index (κ2) is 10.6. The Morgan fingerprint density at radius 2 is 1.66 bits per heavy atom. The summed E-state index contributed by atoms with van der Waals surface area (Å²) in [4.78, 5) is 50.2. The number of nitrogens with zero attached hydrogens (tertiary/aromatic N) is 2. The standard InChI is InChI=1S/C30H29N3O5/c1-4-37-29(35)24-17(3)32-22-15-19(18-11-7-6-8-12-18)25(30(36)38-5-2)28(34)27(22)26(24)23-16-31-20-13-9-10-14-21(20)33-23/h6-14,16,19,25-26,32H,4-5,15H2,1-3H3/t19-,25+,26+/m0/s1. The number of aromatic nitrogens is 2. The molecule has 5 rings (SSSR count). The quantitative estimate of drug-likeness (QED) is 0.385. The van der Waals surface area contributed by atoms with Crippen LogP contribution in [0.5, 0.6) is 0 Å². The average molecular weight is 512 g/mol. The number of allylic oxidation sites excluding steroid dienone is 3. The van der Waals surface area contributed by atoms with Gasteiger partial charge < -0.3 is 14.8 Å². The van der Waals surface area contributed by atoms with E-state index in [1.807, 2.05) is 54.6 Å². The minimum Gasteiger partial charge on any atom is -0.465 e. The summed E-state index contributed by atoms with van der Waals surface area (Å²) in [6, 6.07) is 16.9. The lowest BCUT2D eigenvalue weighted by Gasteiger charge is -2.39. The summed E-state index contributed by atoms with van der Waals surface area (Å²) in [5.74, 6) is -3.84. The maximum atomic E-state index is 14.3. The number of fused-ring (bicyclic) bond motifs is 1. The molecule has 0 amide bonds. The van der Waals surface area contributed by atoms with E-state index in [4.69, 9.17) is 14.5 Å². The van der Waals surface area contributed by atoms with Gasteiger partial charge in [-0.05, 0) is 44.9 Å². The van der Waals surface area contributed by atoms with Gasteiger partial charge in [-0.2, -0.15) is 0 Å². The molecule has 1 aliphatic heterocycles. The highest BCUT2D eigenvalue weighted by Crippen LogP contribution is 2.47. The Bertz CT molecular complexity index is 1480. The molecule has 8 heteroatoms. The first kappa shape index (κ1) is 25.3. The van der Waals surface area contributed by atoms with Gasteiger partial charge >= 0.3 is 11.9 Å². The van der Waals surface area contributed by atoms with Crippen molar-refractivity contribution in [1.29, 1.82) is 0 Å². The lowest BCUT2D eigenvalue weighted by atomic mass is 9.68. The van der Waals surface area contributed by atoms with Gasteiger partial charge in [0.15, 0.2) is 5.78 Å². The number of ketones is 1. The van der Waals surface area contributed by atoms with E-state index >= 15 is 0 Å². The molecule has 2 aliphatic rings. The molecule has 1 aromatic heterocycles. The van der Waals surface area contributed by atoms with Gasteiger partial charge in [0.2, 0.25) is 0 Å². The largest absolute Gasteiger partial charge is 0.465 e. The summed E-state index contributed by atoms with van der Waals surface area (Å²) in [5.41, 5.74) is 4.49. The number of carbonyl (C=O) groups is 3. The molecule has 0 fully saturated rings. The first-order chi connectivity index (χ1) is 18.4. The molecular weight excluding hydrogens is 482 g/mol. The van der Waals surface area contributed by atoms with Crippen LogP contribution in [-0.4, -0.2) is 40.9 Å². The number of nitrogens with one attached hydrogen (secondary N) is 1. The van der Waals surface area contributed by atoms with Crippen molar-refractivity contribution in [2.75, 3.05) is 13.2 Å². The van der Waals surface area contributed by atoms with Crippen molar-refractivity contribution < 1.29 is 23.9 Å². The predicted octanol–water partition coefficient (Wildman–Crippen LogP) is 4.34. The van der Waals surface area contributed by atoms with Crippen LogP contribution >= 0.6 is 0 Å². The molecule has 0 bridgehead atoms. The zero-order valence-electron chi connectivity index (χ0n) is 21.6. The van der Waals surface area contributed by atoms with E-state index in [9.17, 15) is 14.4 Å². The maximum absolute atomic E-state index is 14.3. The number of dihydropyridines is 1. The number of Topliss-reactive ketones (excluding diaryl/α,β-unsaturated/α-hetero) is 1. The van der Waals surface area contributed by atoms with Crippen molar-refractivity contribution in [2.45, 2.75) is 39.0 Å². The van der Waals surface area contributed by atoms with Crippen LogP contribution in [-0.2, 0) is 23.9 Å². The van der Waals surface area contributed by atoms with Crippen LogP contribution in [0.4, 0.5) is 0 Å². The Morgan fingerprint density at radius 1 is 0.974 bits per heavy atom. The normalized spacial score (nSPS) is 21.1. The van der Waals surface area contributed by atoms with Crippen LogP contribution in [0.25, 0.3) is 11.0 Å². The summed E-state index contributed by atoms with van der Waals surface area (Å²) in [6.07, 6.45) is 1.98. The van der Waals surface area contributed by atoms with Gasteiger partial charge in [-0.3, -0.25) is 14.6 Å². The molecule has 0 saturated carbocycles. The topological polar surface area (TPSA) is 107 Å². The van der Waals surface area contributed by atoms with Gasteiger partial charge in [0, 0.05) is 22.9 Å². The van der Waals surface area contributed by atoms with Gasteiger partial charge in [-0.25, -0.2) is 9.78 Å². The van der Waals surface area contributed by atoms with E-state index in [1.54, 1.807) is 27.0 Å². The molecule has 3 atom stereocenters. The highest BCUT2D eigenvalue weighted by molar-refractivity contribution is 6.13. The van der Waals surface area contributed by atoms with E-state index in [-0.39, 0.29) is 24.6 Å². The van der Waals surface area contributed by atoms with E-state index < -0.39 is 29.7 Å². The SMILES string of the molecule is CCOC(=O)C1=C(C)NC2=C(C(=O)[C@H](C(=O)OCC)[C@H](c3ccccc3)C2)[C@@H]1c1cnc2ccccc2n1. The number of esters is 2. The summed E-state index contributed by atoms with van der Waals surface area (Å²) >= 11 is 0. The first-order valence-corrected chi connectivity index (χ1v) is 12.8. The fourth-order valence-corrected chi connectivity index (χ4v) is 5.44. The van der Waals surface area contributed by atoms with E-state index in [0.29, 0.717) is 40.1 Å². The minimum atomic E-state index is -1.06. The van der Waals surface area contributed by atoms with Crippen LogP contribution in [0, 0.1) is 5.92 Å². The molecular formula is C30H29N3O5. The lowest BCUT2D eigenvalue weighted by molar-refractivity contribution is -0.152. The first-order valence-electron chi connectivity index (χ1n) is 12.8. The summed E-state index contributed by atoms with van der Waals surface area (Å²) < 4.78 is 10.8. The van der Waals surface area contributed by atoms with Crippen molar-refractivity contribution in [1.82, 2.24) is 15.3 Å². The highest BCUT2D eigenvalue weighted by atomic mass is 16.5. The van der Waals surface area contributed by atoms with Gasteiger partial charge in [0.25, 0.3) is 0 Å². The molecule has 3 aromatic rings. The summed E-state index contributed by atoms with van der Waals surface area (Å²) in [7, 11) is 0. The number of hydrogen-bond donors (Lipinski definition) is 1. The smallest absolute Gasteiger partial charge is 0.336 e. The Hall–Kier alpha value is -4.33. The van der Waals surface area contributed by atoms with E-state index in [2.05, 4.69) is 10.3 Å². The van der Waals surface area contributed by atoms with Crippen LogP contribution in [0.2, 0.25) is 0 Å². The monoisotopic (exact) mass is 511 g/mol. The molecule has 194 valence electrons. The van der Waals surface area contributed by atoms with Crippen molar-refractivity contribution in [2.24, 2.45) is 5.92 Å². The second-order valence-corrected chi connectivity index (χ2v) is 9.31. The van der Waals surface area contributed by atoms with E-state index in [1.165, 1.54) is 0 Å². The van der Waals surface area contributed by atoms with Crippen molar-refractivity contribution in [3.05, 3.63) is 94.6 Å². The summed E-state index contributed by atoms with van der Waals surface area (Å²) in [5, 5.41) is 3.30. The minimum absolute atomic E-state index is 0.154. The summed E-state index contributed by atoms with van der Waals surface area (Å²) in [6.45, 7) is 5.56.